The van der Waals surface area contributed by atoms with Gasteiger partial charge in [0.15, 0.2) is 5.69 Å². The van der Waals surface area contributed by atoms with Crippen LogP contribution in [0.1, 0.15) is 45.7 Å². The molecule has 18 heavy (non-hydrogen) atoms. The topological polar surface area (TPSA) is 37.8 Å². The van der Waals surface area contributed by atoms with Crippen molar-refractivity contribution in [1.82, 2.24) is 9.97 Å². The fourth-order valence-corrected chi connectivity index (χ4v) is 1.75. The van der Waals surface area contributed by atoms with E-state index in [2.05, 4.69) is 15.3 Å². The molecule has 3 nitrogen and oxygen atoms in total. The molecular weight excluding hydrogens is 243 g/mol. The summed E-state index contributed by atoms with van der Waals surface area (Å²) >= 11 is 0. The Bertz CT molecular complexity index is 392. The number of anilines is 1. The fraction of sp³-hybridized carbons (Fsp3) is 0.667. The van der Waals surface area contributed by atoms with Crippen LogP contribution < -0.4 is 5.32 Å². The molecule has 0 radical (unpaired) electrons. The number of hydrogen-bond donors (Lipinski definition) is 1. The van der Waals surface area contributed by atoms with Gasteiger partial charge in [-0.15, -0.1) is 0 Å². The van der Waals surface area contributed by atoms with E-state index in [0.29, 0.717) is 0 Å². The van der Waals surface area contributed by atoms with Crippen LogP contribution in [0.5, 0.6) is 0 Å². The molecule has 1 unspecified atom stereocenters. The number of aromatic nitrogens is 2. The monoisotopic (exact) mass is 261 g/mol. The Balaban J connectivity index is 2.91. The van der Waals surface area contributed by atoms with Gasteiger partial charge < -0.3 is 5.32 Å². The normalized spacial score (nSPS) is 15.2. The van der Waals surface area contributed by atoms with Crippen molar-refractivity contribution in [3.63, 3.8) is 0 Å². The number of rotatable bonds is 5. The van der Waals surface area contributed by atoms with Crippen LogP contribution in [-0.4, -0.2) is 15.5 Å². The number of halogens is 3. The van der Waals surface area contributed by atoms with Crippen molar-refractivity contribution in [2.75, 3.05) is 5.32 Å². The Labute approximate surface area is 105 Å². The summed E-state index contributed by atoms with van der Waals surface area (Å²) in [5.74, 6) is 0.169. The highest BCUT2D eigenvalue weighted by atomic mass is 19.4. The summed E-state index contributed by atoms with van der Waals surface area (Å²) in [6.07, 6.45) is 0.203. The molecule has 0 aliphatic rings. The van der Waals surface area contributed by atoms with Gasteiger partial charge in [0.05, 0.1) is 12.4 Å². The predicted octanol–water partition coefficient (Wildman–Crippen LogP) is 3.88. The van der Waals surface area contributed by atoms with Crippen molar-refractivity contribution in [2.45, 2.75) is 51.7 Å². The van der Waals surface area contributed by atoms with Crippen molar-refractivity contribution in [3.8, 4) is 0 Å². The second kappa shape index (κ2) is 5.54. The third kappa shape index (κ3) is 3.85. The van der Waals surface area contributed by atoms with Crippen molar-refractivity contribution in [1.29, 1.82) is 0 Å². The second-order valence-corrected chi connectivity index (χ2v) is 4.58. The van der Waals surface area contributed by atoms with E-state index < -0.39 is 11.9 Å². The maximum Gasteiger partial charge on any atom is 0.434 e. The Morgan fingerprint density at radius 3 is 2.39 bits per heavy atom. The first kappa shape index (κ1) is 14.7. The molecule has 1 atom stereocenters. The van der Waals surface area contributed by atoms with E-state index in [9.17, 15) is 13.2 Å². The number of nitrogens with one attached hydrogen (secondary N) is 1. The van der Waals surface area contributed by atoms with Crippen LogP contribution in [0.15, 0.2) is 12.4 Å². The van der Waals surface area contributed by atoms with Gasteiger partial charge in [-0.2, -0.15) is 13.2 Å². The zero-order chi connectivity index (χ0) is 13.8. The molecule has 1 rings (SSSR count). The van der Waals surface area contributed by atoms with Crippen molar-refractivity contribution in [3.05, 3.63) is 18.1 Å². The largest absolute Gasteiger partial charge is 0.434 e. The number of hydrogen-bond acceptors (Lipinski definition) is 3. The minimum absolute atomic E-state index is 0.169. The van der Waals surface area contributed by atoms with E-state index in [0.717, 1.165) is 25.5 Å². The van der Waals surface area contributed by atoms with Crippen LogP contribution in [0.2, 0.25) is 0 Å². The minimum atomic E-state index is -4.46. The van der Waals surface area contributed by atoms with Gasteiger partial charge in [0.1, 0.15) is 5.82 Å². The summed E-state index contributed by atoms with van der Waals surface area (Å²) in [5.41, 5.74) is -1.23. The molecule has 0 saturated heterocycles. The minimum Gasteiger partial charge on any atom is -0.364 e. The third-order valence-corrected chi connectivity index (χ3v) is 2.94. The molecule has 0 amide bonds. The summed E-state index contributed by atoms with van der Waals surface area (Å²) < 4.78 is 37.5. The smallest absolute Gasteiger partial charge is 0.364 e. The lowest BCUT2D eigenvalue weighted by Crippen LogP contribution is -2.34. The van der Waals surface area contributed by atoms with Gasteiger partial charge in [-0.3, -0.25) is 4.98 Å². The lowest BCUT2D eigenvalue weighted by Gasteiger charge is -2.30. The number of alkyl halides is 3. The van der Waals surface area contributed by atoms with Crippen molar-refractivity contribution in [2.24, 2.45) is 0 Å². The molecule has 1 aromatic heterocycles. The molecule has 0 aliphatic carbocycles. The molecule has 102 valence electrons. The van der Waals surface area contributed by atoms with E-state index in [1.165, 1.54) is 6.20 Å². The van der Waals surface area contributed by atoms with Gasteiger partial charge >= 0.3 is 6.18 Å². The Kier molecular flexibility index (Phi) is 4.53. The average Bonchev–Trinajstić information content (AvgIpc) is 2.28. The summed E-state index contributed by atoms with van der Waals surface area (Å²) in [6, 6.07) is 0. The van der Waals surface area contributed by atoms with Crippen LogP contribution in [0.4, 0.5) is 19.0 Å². The third-order valence-electron chi connectivity index (χ3n) is 2.94. The fourth-order valence-electron chi connectivity index (χ4n) is 1.75. The van der Waals surface area contributed by atoms with Crippen LogP contribution in [-0.2, 0) is 6.18 Å². The zero-order valence-corrected chi connectivity index (χ0v) is 10.8. The van der Waals surface area contributed by atoms with Gasteiger partial charge in [0, 0.05) is 5.54 Å². The highest BCUT2D eigenvalue weighted by Crippen LogP contribution is 2.28. The Morgan fingerprint density at radius 2 is 1.89 bits per heavy atom. The Morgan fingerprint density at radius 1 is 1.22 bits per heavy atom. The molecule has 0 fully saturated rings. The lowest BCUT2D eigenvalue weighted by molar-refractivity contribution is -0.141. The molecule has 0 aromatic carbocycles. The van der Waals surface area contributed by atoms with Gasteiger partial charge in [0.2, 0.25) is 0 Å². The highest BCUT2D eigenvalue weighted by Gasteiger charge is 2.33. The first-order chi connectivity index (χ1) is 8.30. The quantitative estimate of drug-likeness (QED) is 0.874. The molecule has 0 spiro atoms. The molecular formula is C12H18F3N3. The average molecular weight is 261 g/mol. The van der Waals surface area contributed by atoms with E-state index in [1.54, 1.807) is 0 Å². The van der Waals surface area contributed by atoms with Gasteiger partial charge in [-0.1, -0.05) is 20.3 Å². The molecule has 6 heteroatoms. The van der Waals surface area contributed by atoms with Crippen LogP contribution >= 0.6 is 0 Å². The van der Waals surface area contributed by atoms with Crippen LogP contribution in [0.3, 0.4) is 0 Å². The van der Waals surface area contributed by atoms with Crippen molar-refractivity contribution < 1.29 is 13.2 Å². The molecule has 1 N–H and O–H groups in total. The Hall–Kier alpha value is -1.33. The van der Waals surface area contributed by atoms with E-state index in [-0.39, 0.29) is 11.4 Å². The summed E-state index contributed by atoms with van der Waals surface area (Å²) in [5, 5.41) is 3.04. The predicted molar refractivity (Wildman–Crippen MR) is 64.3 cm³/mol. The second-order valence-electron chi connectivity index (χ2n) is 4.58. The summed E-state index contributed by atoms with van der Waals surface area (Å²) in [6.45, 7) is 6.00. The van der Waals surface area contributed by atoms with Crippen LogP contribution in [0.25, 0.3) is 0 Å². The molecule has 1 aromatic rings. The van der Waals surface area contributed by atoms with E-state index in [1.807, 2.05) is 20.8 Å². The van der Waals surface area contributed by atoms with Gasteiger partial charge in [0.25, 0.3) is 0 Å². The standard InChI is InChI=1S/C12H18F3N3/c1-4-6-11(3,5-2)18-10-8-16-7-9(17-10)12(13,14)15/h7-8H,4-6H2,1-3H3,(H,17,18). The summed E-state index contributed by atoms with van der Waals surface area (Å²) in [4.78, 5) is 7.15. The van der Waals surface area contributed by atoms with Gasteiger partial charge in [-0.25, -0.2) is 4.98 Å². The first-order valence-corrected chi connectivity index (χ1v) is 5.98. The molecule has 1 heterocycles. The maximum absolute atomic E-state index is 12.5. The first-order valence-electron chi connectivity index (χ1n) is 5.98. The van der Waals surface area contributed by atoms with Gasteiger partial charge in [-0.05, 0) is 19.8 Å². The molecule has 0 saturated carbocycles. The SMILES string of the molecule is CCCC(C)(CC)Nc1cncc(C(F)(F)F)n1. The highest BCUT2D eigenvalue weighted by molar-refractivity contribution is 5.35. The van der Waals surface area contributed by atoms with Crippen molar-refractivity contribution >= 4 is 5.82 Å². The zero-order valence-electron chi connectivity index (χ0n) is 10.8. The molecule has 0 aliphatic heterocycles. The number of nitrogens with zero attached hydrogens (tertiary/aromatic N) is 2. The summed E-state index contributed by atoms with van der Waals surface area (Å²) in [7, 11) is 0. The van der Waals surface area contributed by atoms with E-state index >= 15 is 0 Å². The maximum atomic E-state index is 12.5. The van der Waals surface area contributed by atoms with E-state index in [4.69, 9.17) is 0 Å². The lowest BCUT2D eigenvalue weighted by atomic mass is 9.93. The van der Waals surface area contributed by atoms with Crippen LogP contribution in [0, 0.1) is 0 Å². The molecule has 0 bridgehead atoms.